The molecule has 0 unspecified atom stereocenters. The average Bonchev–Trinajstić information content (AvgIpc) is 2.72. The van der Waals surface area contributed by atoms with Crippen LogP contribution in [0.5, 0.6) is 5.75 Å². The maximum Gasteiger partial charge on any atom is 0.335 e. The Bertz CT molecular complexity index is 609. The summed E-state index contributed by atoms with van der Waals surface area (Å²) in [5.74, 6) is -0.768. The van der Waals surface area contributed by atoms with Gasteiger partial charge in [-0.1, -0.05) is 96.8 Å². The summed E-state index contributed by atoms with van der Waals surface area (Å²) in [6.07, 6.45) is 19.9. The van der Waals surface area contributed by atoms with Crippen LogP contribution in [0.4, 0.5) is 0 Å². The molecular formula is C26H42O4. The summed E-state index contributed by atoms with van der Waals surface area (Å²) in [4.78, 5) is 22.9. The van der Waals surface area contributed by atoms with Crippen LogP contribution in [0.2, 0.25) is 0 Å². The normalized spacial score (nSPS) is 10.9. The number of hydrogen-bond donors (Lipinski definition) is 1. The fourth-order valence-electron chi connectivity index (χ4n) is 3.71. The average molecular weight is 419 g/mol. The molecule has 0 aromatic heterocycles. The van der Waals surface area contributed by atoms with Crippen LogP contribution in [-0.2, 0) is 4.79 Å². The van der Waals surface area contributed by atoms with Gasteiger partial charge < -0.3 is 9.84 Å². The minimum atomic E-state index is -0.978. The van der Waals surface area contributed by atoms with Crippen molar-refractivity contribution >= 4 is 11.9 Å². The molecule has 0 bridgehead atoms. The number of benzene rings is 1. The smallest absolute Gasteiger partial charge is 0.335 e. The van der Waals surface area contributed by atoms with Gasteiger partial charge in [0.1, 0.15) is 5.75 Å². The van der Waals surface area contributed by atoms with Gasteiger partial charge in [-0.15, -0.1) is 0 Å². The lowest BCUT2D eigenvalue weighted by Gasteiger charge is -2.08. The molecule has 0 aliphatic heterocycles. The molecule has 0 radical (unpaired) electrons. The van der Waals surface area contributed by atoms with Gasteiger partial charge in [-0.3, -0.25) is 4.79 Å². The highest BCUT2D eigenvalue weighted by Crippen LogP contribution is 2.20. The highest BCUT2D eigenvalue weighted by molar-refractivity contribution is 5.88. The molecule has 4 heteroatoms. The predicted molar refractivity (Wildman–Crippen MR) is 123 cm³/mol. The molecule has 0 aliphatic rings. The summed E-state index contributed by atoms with van der Waals surface area (Å²) in [7, 11) is 0. The van der Waals surface area contributed by atoms with Crippen LogP contribution in [-0.4, -0.2) is 17.0 Å². The summed E-state index contributed by atoms with van der Waals surface area (Å²) in [6.45, 7) is 4.02. The maximum atomic E-state index is 12.0. The Kier molecular flexibility index (Phi) is 14.8. The molecule has 0 spiro atoms. The molecule has 0 amide bonds. The van der Waals surface area contributed by atoms with Crippen molar-refractivity contribution in [2.24, 2.45) is 0 Å². The van der Waals surface area contributed by atoms with E-state index in [2.05, 4.69) is 6.92 Å². The van der Waals surface area contributed by atoms with Gasteiger partial charge in [0, 0.05) is 6.42 Å². The lowest BCUT2D eigenvalue weighted by atomic mass is 10.0. The summed E-state index contributed by atoms with van der Waals surface area (Å²) in [5, 5.41) is 8.98. The number of aryl methyl sites for hydroxylation is 1. The van der Waals surface area contributed by atoms with E-state index in [4.69, 9.17) is 9.84 Å². The van der Waals surface area contributed by atoms with Gasteiger partial charge in [-0.05, 0) is 37.1 Å². The highest BCUT2D eigenvalue weighted by atomic mass is 16.5. The second-order valence-corrected chi connectivity index (χ2v) is 8.46. The topological polar surface area (TPSA) is 63.6 Å². The van der Waals surface area contributed by atoms with E-state index < -0.39 is 5.97 Å². The zero-order valence-electron chi connectivity index (χ0n) is 19.2. The minimum absolute atomic E-state index is 0.203. The third kappa shape index (κ3) is 12.7. The van der Waals surface area contributed by atoms with Crippen molar-refractivity contribution in [3.8, 4) is 5.75 Å². The predicted octanol–water partition coefficient (Wildman–Crippen LogP) is 7.86. The third-order valence-electron chi connectivity index (χ3n) is 5.63. The van der Waals surface area contributed by atoms with E-state index in [1.165, 1.54) is 95.6 Å². The Hall–Kier alpha value is -1.84. The zero-order valence-corrected chi connectivity index (χ0v) is 19.2. The monoisotopic (exact) mass is 418 g/mol. The van der Waals surface area contributed by atoms with E-state index in [1.807, 2.05) is 0 Å². The maximum absolute atomic E-state index is 12.0. The summed E-state index contributed by atoms with van der Waals surface area (Å²) in [5.41, 5.74) is 0.870. The summed E-state index contributed by atoms with van der Waals surface area (Å²) >= 11 is 0. The van der Waals surface area contributed by atoms with Crippen LogP contribution in [0.25, 0.3) is 0 Å². The van der Waals surface area contributed by atoms with E-state index in [0.717, 1.165) is 12.8 Å². The van der Waals surface area contributed by atoms with Crippen molar-refractivity contribution in [1.29, 1.82) is 0 Å². The van der Waals surface area contributed by atoms with Crippen LogP contribution in [0, 0.1) is 6.92 Å². The molecule has 0 saturated heterocycles. The molecule has 0 atom stereocenters. The first kappa shape index (κ1) is 26.2. The van der Waals surface area contributed by atoms with Crippen molar-refractivity contribution < 1.29 is 19.4 Å². The van der Waals surface area contributed by atoms with Crippen LogP contribution in [0.3, 0.4) is 0 Å². The number of hydrogen-bond acceptors (Lipinski definition) is 3. The number of carbonyl (C=O) groups is 2. The Morgan fingerprint density at radius 1 is 0.767 bits per heavy atom. The largest absolute Gasteiger partial charge is 0.478 e. The van der Waals surface area contributed by atoms with E-state index >= 15 is 0 Å². The van der Waals surface area contributed by atoms with Gasteiger partial charge in [-0.25, -0.2) is 4.79 Å². The number of carbonyl (C=O) groups excluding carboxylic acids is 1. The number of rotatable bonds is 18. The zero-order chi connectivity index (χ0) is 22.0. The molecule has 0 saturated carbocycles. The van der Waals surface area contributed by atoms with E-state index in [1.54, 1.807) is 13.0 Å². The van der Waals surface area contributed by atoms with Crippen LogP contribution < -0.4 is 4.74 Å². The Morgan fingerprint density at radius 2 is 1.23 bits per heavy atom. The Morgan fingerprint density at radius 3 is 1.67 bits per heavy atom. The molecule has 4 nitrogen and oxygen atoms in total. The highest BCUT2D eigenvalue weighted by Gasteiger charge is 2.10. The van der Waals surface area contributed by atoms with Gasteiger partial charge >= 0.3 is 11.9 Å². The van der Waals surface area contributed by atoms with Gasteiger partial charge in [0.05, 0.1) is 5.56 Å². The Labute approximate surface area is 183 Å². The van der Waals surface area contributed by atoms with Crippen LogP contribution >= 0.6 is 0 Å². The van der Waals surface area contributed by atoms with E-state index in [9.17, 15) is 9.59 Å². The SMILES string of the molecule is CCCCCCCCCCCCCCCCCC(=O)Oc1ccc(C(=O)O)cc1C. The van der Waals surface area contributed by atoms with Gasteiger partial charge in [0.2, 0.25) is 0 Å². The van der Waals surface area contributed by atoms with Gasteiger partial charge in [0.15, 0.2) is 0 Å². The molecule has 0 aliphatic carbocycles. The molecule has 0 fully saturated rings. The van der Waals surface area contributed by atoms with Crippen LogP contribution in [0.15, 0.2) is 18.2 Å². The number of esters is 1. The van der Waals surface area contributed by atoms with Crippen molar-refractivity contribution in [2.75, 3.05) is 0 Å². The number of carboxylic acid groups (broad SMARTS) is 1. The lowest BCUT2D eigenvalue weighted by molar-refractivity contribution is -0.134. The molecule has 1 aromatic carbocycles. The second kappa shape index (κ2) is 16.9. The molecule has 1 N–H and O–H groups in total. The fourth-order valence-corrected chi connectivity index (χ4v) is 3.71. The Balaban J connectivity index is 1.94. The van der Waals surface area contributed by atoms with E-state index in [0.29, 0.717) is 17.7 Å². The molecule has 0 heterocycles. The molecule has 170 valence electrons. The van der Waals surface area contributed by atoms with Crippen molar-refractivity contribution in [3.63, 3.8) is 0 Å². The first-order valence-corrected chi connectivity index (χ1v) is 12.1. The fraction of sp³-hybridized carbons (Fsp3) is 0.692. The second-order valence-electron chi connectivity index (χ2n) is 8.46. The molecule has 1 aromatic rings. The first-order valence-electron chi connectivity index (χ1n) is 12.1. The standard InChI is InChI=1S/C26H42O4/c1-3-4-5-6-7-8-9-10-11-12-13-14-15-16-17-18-25(27)30-24-20-19-23(26(28)29)21-22(24)2/h19-21H,3-18H2,1-2H3,(H,28,29). The molecule has 1 rings (SSSR count). The summed E-state index contributed by atoms with van der Waals surface area (Å²) in [6, 6.07) is 4.55. The lowest BCUT2D eigenvalue weighted by Crippen LogP contribution is -2.09. The molecular weight excluding hydrogens is 376 g/mol. The van der Waals surface area contributed by atoms with Gasteiger partial charge in [-0.2, -0.15) is 0 Å². The number of unbranched alkanes of at least 4 members (excludes halogenated alkanes) is 14. The quantitative estimate of drug-likeness (QED) is 0.150. The van der Waals surface area contributed by atoms with Crippen molar-refractivity contribution in [3.05, 3.63) is 29.3 Å². The molecule has 30 heavy (non-hydrogen) atoms. The number of aromatic carboxylic acids is 1. The summed E-state index contributed by atoms with van der Waals surface area (Å²) < 4.78 is 5.37. The van der Waals surface area contributed by atoms with E-state index in [-0.39, 0.29) is 11.5 Å². The first-order chi connectivity index (χ1) is 14.5. The van der Waals surface area contributed by atoms with Crippen LogP contribution in [0.1, 0.15) is 126 Å². The van der Waals surface area contributed by atoms with Gasteiger partial charge in [0.25, 0.3) is 0 Å². The number of ether oxygens (including phenoxy) is 1. The van der Waals surface area contributed by atoms with Crippen molar-refractivity contribution in [1.82, 2.24) is 0 Å². The number of carboxylic acids is 1. The third-order valence-corrected chi connectivity index (χ3v) is 5.63. The minimum Gasteiger partial charge on any atom is -0.478 e. The van der Waals surface area contributed by atoms with Crippen molar-refractivity contribution in [2.45, 2.75) is 117 Å².